The average Bonchev–Trinajstić information content (AvgIpc) is 2.23. The number of rotatable bonds is 4. The van der Waals surface area contributed by atoms with Crippen molar-refractivity contribution in [3.8, 4) is 5.75 Å². The van der Waals surface area contributed by atoms with E-state index in [0.717, 1.165) is 18.5 Å². The summed E-state index contributed by atoms with van der Waals surface area (Å²) >= 11 is 0. The van der Waals surface area contributed by atoms with Crippen molar-refractivity contribution in [2.45, 2.75) is 38.6 Å². The summed E-state index contributed by atoms with van der Waals surface area (Å²) in [4.78, 5) is 0. The van der Waals surface area contributed by atoms with Crippen LogP contribution < -0.4 is 15.8 Å². The number of anilines is 2. The van der Waals surface area contributed by atoms with Crippen LogP contribution in [0.1, 0.15) is 33.1 Å². The van der Waals surface area contributed by atoms with E-state index in [1.807, 2.05) is 6.92 Å². The standard InChI is InChI=1S/C13H19FN2O/c1-3-17-12-8-11(10(15)7-9(12)14)16-13(2)5-4-6-13/h7-8,16H,3-6,15H2,1-2H3. The molecule has 1 saturated carbocycles. The SMILES string of the molecule is CCOc1cc(NC2(C)CCC2)c(N)cc1F. The number of nitrogens with two attached hydrogens (primary N) is 1. The molecule has 3 nitrogen and oxygen atoms in total. The largest absolute Gasteiger partial charge is 0.491 e. The van der Waals surface area contributed by atoms with E-state index in [-0.39, 0.29) is 11.3 Å². The van der Waals surface area contributed by atoms with Gasteiger partial charge >= 0.3 is 0 Å². The normalized spacial score (nSPS) is 17.4. The van der Waals surface area contributed by atoms with Crippen molar-refractivity contribution >= 4 is 11.4 Å². The second-order valence-electron chi connectivity index (χ2n) is 4.84. The molecule has 0 saturated heterocycles. The van der Waals surface area contributed by atoms with Crippen LogP contribution in [0.15, 0.2) is 12.1 Å². The summed E-state index contributed by atoms with van der Waals surface area (Å²) in [5.74, 6) is -0.152. The highest BCUT2D eigenvalue weighted by molar-refractivity contribution is 5.69. The molecule has 1 aromatic rings. The fraction of sp³-hybridized carbons (Fsp3) is 0.538. The Balaban J connectivity index is 2.23. The zero-order valence-electron chi connectivity index (χ0n) is 10.3. The first-order valence-corrected chi connectivity index (χ1v) is 6.04. The molecule has 17 heavy (non-hydrogen) atoms. The molecule has 0 spiro atoms. The quantitative estimate of drug-likeness (QED) is 0.792. The molecule has 0 unspecified atom stereocenters. The van der Waals surface area contributed by atoms with Crippen LogP contribution in [0.4, 0.5) is 15.8 Å². The van der Waals surface area contributed by atoms with Gasteiger partial charge < -0.3 is 15.8 Å². The summed E-state index contributed by atoms with van der Waals surface area (Å²) in [7, 11) is 0. The Bertz CT molecular complexity index is 416. The molecule has 0 atom stereocenters. The van der Waals surface area contributed by atoms with Gasteiger partial charge in [0.05, 0.1) is 18.0 Å². The molecule has 1 aliphatic carbocycles. The highest BCUT2D eigenvalue weighted by Gasteiger charge is 2.32. The third kappa shape index (κ3) is 2.46. The van der Waals surface area contributed by atoms with Crippen molar-refractivity contribution in [3.05, 3.63) is 17.9 Å². The van der Waals surface area contributed by atoms with Gasteiger partial charge in [-0.3, -0.25) is 0 Å². The van der Waals surface area contributed by atoms with Gasteiger partial charge in [-0.05, 0) is 33.1 Å². The van der Waals surface area contributed by atoms with Crippen LogP contribution in [0.25, 0.3) is 0 Å². The van der Waals surface area contributed by atoms with Gasteiger partial charge in [-0.25, -0.2) is 4.39 Å². The molecular weight excluding hydrogens is 219 g/mol. The Hall–Kier alpha value is -1.45. The molecular formula is C13H19FN2O. The lowest BCUT2D eigenvalue weighted by Crippen LogP contribution is -2.41. The summed E-state index contributed by atoms with van der Waals surface area (Å²) in [6, 6.07) is 2.97. The van der Waals surface area contributed by atoms with Crippen LogP contribution in [-0.4, -0.2) is 12.1 Å². The minimum absolute atomic E-state index is 0.0927. The molecule has 2 rings (SSSR count). The van der Waals surface area contributed by atoms with Crippen molar-refractivity contribution in [2.24, 2.45) is 0 Å². The Labute approximate surface area is 101 Å². The average molecular weight is 238 g/mol. The van der Waals surface area contributed by atoms with Crippen LogP contribution in [0.5, 0.6) is 5.75 Å². The predicted molar refractivity (Wildman–Crippen MR) is 67.9 cm³/mol. The van der Waals surface area contributed by atoms with Gasteiger partial charge in [0.25, 0.3) is 0 Å². The van der Waals surface area contributed by atoms with Gasteiger partial charge in [-0.1, -0.05) is 0 Å². The van der Waals surface area contributed by atoms with Crippen molar-refractivity contribution < 1.29 is 9.13 Å². The Kier molecular flexibility index (Phi) is 3.13. The lowest BCUT2D eigenvalue weighted by atomic mass is 9.78. The third-order valence-electron chi connectivity index (χ3n) is 3.30. The molecule has 0 bridgehead atoms. The molecule has 0 amide bonds. The van der Waals surface area contributed by atoms with Gasteiger partial charge in [0, 0.05) is 17.7 Å². The predicted octanol–water partition coefficient (Wildman–Crippen LogP) is 3.16. The summed E-state index contributed by atoms with van der Waals surface area (Å²) in [5.41, 5.74) is 7.10. The van der Waals surface area contributed by atoms with Gasteiger partial charge in [0.1, 0.15) is 0 Å². The first-order valence-electron chi connectivity index (χ1n) is 6.04. The lowest BCUT2D eigenvalue weighted by Gasteiger charge is -2.40. The van der Waals surface area contributed by atoms with E-state index in [1.54, 1.807) is 6.07 Å². The number of ether oxygens (including phenoxy) is 1. The van der Waals surface area contributed by atoms with Crippen LogP contribution >= 0.6 is 0 Å². The molecule has 3 N–H and O–H groups in total. The summed E-state index contributed by atoms with van der Waals surface area (Å²) in [5, 5.41) is 3.38. The van der Waals surface area contributed by atoms with Crippen LogP contribution in [0.2, 0.25) is 0 Å². The molecule has 94 valence electrons. The molecule has 4 heteroatoms. The maximum atomic E-state index is 13.5. The molecule has 1 fully saturated rings. The van der Waals surface area contributed by atoms with Crippen molar-refractivity contribution in [1.82, 2.24) is 0 Å². The summed E-state index contributed by atoms with van der Waals surface area (Å²) < 4.78 is 18.7. The Morgan fingerprint density at radius 3 is 2.71 bits per heavy atom. The zero-order chi connectivity index (χ0) is 12.5. The molecule has 0 aliphatic heterocycles. The topological polar surface area (TPSA) is 47.3 Å². The Morgan fingerprint density at radius 1 is 1.47 bits per heavy atom. The third-order valence-corrected chi connectivity index (χ3v) is 3.30. The van der Waals surface area contributed by atoms with Gasteiger partial charge in [0.15, 0.2) is 11.6 Å². The fourth-order valence-corrected chi connectivity index (χ4v) is 2.10. The van der Waals surface area contributed by atoms with E-state index in [2.05, 4.69) is 12.2 Å². The smallest absolute Gasteiger partial charge is 0.167 e. The van der Waals surface area contributed by atoms with E-state index >= 15 is 0 Å². The first kappa shape index (κ1) is 12.0. The highest BCUT2D eigenvalue weighted by atomic mass is 19.1. The van der Waals surface area contributed by atoms with Crippen LogP contribution in [-0.2, 0) is 0 Å². The number of benzene rings is 1. The number of halogens is 1. The fourth-order valence-electron chi connectivity index (χ4n) is 2.10. The van der Waals surface area contributed by atoms with Gasteiger partial charge in [-0.2, -0.15) is 0 Å². The molecule has 0 heterocycles. The highest BCUT2D eigenvalue weighted by Crippen LogP contribution is 2.38. The van der Waals surface area contributed by atoms with Crippen LogP contribution in [0, 0.1) is 5.82 Å². The maximum Gasteiger partial charge on any atom is 0.167 e. The lowest BCUT2D eigenvalue weighted by molar-refractivity contribution is 0.305. The summed E-state index contributed by atoms with van der Waals surface area (Å²) in [6.45, 7) is 4.42. The van der Waals surface area contributed by atoms with E-state index < -0.39 is 5.82 Å². The minimum Gasteiger partial charge on any atom is -0.491 e. The van der Waals surface area contributed by atoms with E-state index in [9.17, 15) is 4.39 Å². The van der Waals surface area contributed by atoms with Crippen molar-refractivity contribution in [3.63, 3.8) is 0 Å². The maximum absolute atomic E-state index is 13.5. The first-order chi connectivity index (χ1) is 8.04. The van der Waals surface area contributed by atoms with Gasteiger partial charge in [-0.15, -0.1) is 0 Å². The molecule has 1 aromatic carbocycles. The number of nitrogens with one attached hydrogen (secondary N) is 1. The van der Waals surface area contributed by atoms with E-state index in [4.69, 9.17) is 10.5 Å². The van der Waals surface area contributed by atoms with Gasteiger partial charge in [0.2, 0.25) is 0 Å². The second-order valence-corrected chi connectivity index (χ2v) is 4.84. The van der Waals surface area contributed by atoms with E-state index in [0.29, 0.717) is 12.3 Å². The molecule has 1 aliphatic rings. The molecule has 0 radical (unpaired) electrons. The number of hydrogen-bond donors (Lipinski definition) is 2. The van der Waals surface area contributed by atoms with Crippen molar-refractivity contribution in [1.29, 1.82) is 0 Å². The Morgan fingerprint density at radius 2 is 2.18 bits per heavy atom. The minimum atomic E-state index is -0.409. The monoisotopic (exact) mass is 238 g/mol. The van der Waals surface area contributed by atoms with Crippen LogP contribution in [0.3, 0.4) is 0 Å². The van der Waals surface area contributed by atoms with Crippen molar-refractivity contribution in [2.75, 3.05) is 17.7 Å². The van der Waals surface area contributed by atoms with E-state index in [1.165, 1.54) is 12.5 Å². The second kappa shape index (κ2) is 4.43. The number of hydrogen-bond acceptors (Lipinski definition) is 3. The summed E-state index contributed by atoms with van der Waals surface area (Å²) in [6.07, 6.45) is 3.46. The zero-order valence-corrected chi connectivity index (χ0v) is 10.3. The number of nitrogen functional groups attached to an aromatic ring is 1. The molecule has 0 aromatic heterocycles.